The summed E-state index contributed by atoms with van der Waals surface area (Å²) in [5.41, 5.74) is 2.64. The number of hydrogen-bond donors (Lipinski definition) is 1. The van der Waals surface area contributed by atoms with Crippen LogP contribution in [0.1, 0.15) is 28.8 Å². The zero-order chi connectivity index (χ0) is 20.4. The van der Waals surface area contributed by atoms with E-state index in [-0.39, 0.29) is 42.7 Å². The van der Waals surface area contributed by atoms with Gasteiger partial charge in [0.2, 0.25) is 11.8 Å². The molecular weight excluding hydrogens is 373 g/mol. The number of Topliss-reactive ketones (excluding diaryl/α,β-unsaturated/α-hetero) is 1. The van der Waals surface area contributed by atoms with Gasteiger partial charge >= 0.3 is 0 Å². The van der Waals surface area contributed by atoms with Crippen LogP contribution in [0.5, 0.6) is 0 Å². The molecule has 2 heterocycles. The second kappa shape index (κ2) is 8.03. The highest BCUT2D eigenvalue weighted by molar-refractivity contribution is 6.02. The highest BCUT2D eigenvalue weighted by Gasteiger charge is 2.24. The minimum absolute atomic E-state index is 0.0652. The highest BCUT2D eigenvalue weighted by atomic mass is 19.1. The van der Waals surface area contributed by atoms with Crippen LogP contribution in [0.25, 0.3) is 0 Å². The van der Waals surface area contributed by atoms with E-state index in [0.29, 0.717) is 37.4 Å². The lowest BCUT2D eigenvalue weighted by Crippen LogP contribution is -2.49. The molecule has 0 spiro atoms. The molecule has 2 aliphatic heterocycles. The quantitative estimate of drug-likeness (QED) is 0.791. The van der Waals surface area contributed by atoms with Crippen molar-refractivity contribution in [3.63, 3.8) is 0 Å². The van der Waals surface area contributed by atoms with Crippen molar-refractivity contribution in [2.24, 2.45) is 0 Å². The number of amides is 2. The molecule has 2 aliphatic rings. The zero-order valence-corrected chi connectivity index (χ0v) is 16.0. The Balaban J connectivity index is 1.28. The van der Waals surface area contributed by atoms with Crippen molar-refractivity contribution in [1.82, 2.24) is 4.90 Å². The van der Waals surface area contributed by atoms with Gasteiger partial charge in [-0.05, 0) is 35.9 Å². The Morgan fingerprint density at radius 2 is 1.76 bits per heavy atom. The number of ketones is 1. The van der Waals surface area contributed by atoms with Gasteiger partial charge in [0, 0.05) is 50.3 Å². The van der Waals surface area contributed by atoms with Gasteiger partial charge in [0.25, 0.3) is 0 Å². The van der Waals surface area contributed by atoms with E-state index in [1.807, 2.05) is 4.90 Å². The van der Waals surface area contributed by atoms with Gasteiger partial charge in [-0.1, -0.05) is 12.1 Å². The van der Waals surface area contributed by atoms with Gasteiger partial charge in [0.1, 0.15) is 5.82 Å². The molecule has 1 saturated heterocycles. The van der Waals surface area contributed by atoms with E-state index in [1.165, 1.54) is 6.07 Å². The number of nitrogens with zero attached hydrogens (tertiary/aromatic N) is 2. The van der Waals surface area contributed by atoms with Crippen molar-refractivity contribution >= 4 is 29.0 Å². The van der Waals surface area contributed by atoms with E-state index in [0.717, 1.165) is 11.3 Å². The summed E-state index contributed by atoms with van der Waals surface area (Å²) in [5, 5.41) is 2.74. The molecule has 150 valence electrons. The van der Waals surface area contributed by atoms with Gasteiger partial charge < -0.3 is 15.1 Å². The van der Waals surface area contributed by atoms with Gasteiger partial charge in [-0.3, -0.25) is 14.4 Å². The topological polar surface area (TPSA) is 69.7 Å². The summed E-state index contributed by atoms with van der Waals surface area (Å²) in [6.07, 6.45) is 0.557. The standard InChI is InChI=1S/C22H22FN3O3/c23-17-3-1-2-4-19(17)25-9-11-26(12-10-25)22(29)8-7-20(27)15-5-6-18-16(13-15)14-21(28)24-18/h1-6,13H,7-12,14H2,(H,24,28). The Labute approximate surface area is 168 Å². The second-order valence-electron chi connectivity index (χ2n) is 7.34. The molecule has 0 aliphatic carbocycles. The molecule has 2 amide bonds. The van der Waals surface area contributed by atoms with E-state index in [2.05, 4.69) is 5.32 Å². The zero-order valence-electron chi connectivity index (χ0n) is 16.0. The second-order valence-corrected chi connectivity index (χ2v) is 7.34. The first-order chi connectivity index (χ1) is 14.0. The van der Waals surface area contributed by atoms with Crippen molar-refractivity contribution in [3.05, 3.63) is 59.4 Å². The number of carbonyl (C=O) groups is 3. The van der Waals surface area contributed by atoms with Crippen LogP contribution in [-0.4, -0.2) is 48.7 Å². The normalized spacial score (nSPS) is 15.8. The minimum atomic E-state index is -0.260. The van der Waals surface area contributed by atoms with Crippen LogP contribution < -0.4 is 10.2 Å². The molecule has 29 heavy (non-hydrogen) atoms. The lowest BCUT2D eigenvalue weighted by atomic mass is 10.0. The summed E-state index contributed by atoms with van der Waals surface area (Å²) in [6.45, 7) is 2.14. The SMILES string of the molecule is O=C1Cc2cc(C(=O)CCC(=O)N3CCN(c4ccccc4F)CC3)ccc2N1. The molecule has 0 saturated carbocycles. The Morgan fingerprint density at radius 3 is 2.52 bits per heavy atom. The Bertz CT molecular complexity index is 968. The summed E-state index contributed by atoms with van der Waals surface area (Å²) in [6, 6.07) is 11.8. The molecule has 0 unspecified atom stereocenters. The van der Waals surface area contributed by atoms with E-state index < -0.39 is 0 Å². The smallest absolute Gasteiger partial charge is 0.228 e. The number of fused-ring (bicyclic) bond motifs is 1. The molecule has 2 aromatic carbocycles. The van der Waals surface area contributed by atoms with E-state index in [9.17, 15) is 18.8 Å². The molecule has 0 radical (unpaired) electrons. The Hall–Kier alpha value is -3.22. The molecule has 4 rings (SSSR count). The average molecular weight is 395 g/mol. The summed E-state index contributed by atoms with van der Waals surface area (Å²) < 4.78 is 13.9. The highest BCUT2D eigenvalue weighted by Crippen LogP contribution is 2.25. The van der Waals surface area contributed by atoms with Gasteiger partial charge in [-0.15, -0.1) is 0 Å². The van der Waals surface area contributed by atoms with Crippen molar-refractivity contribution in [3.8, 4) is 0 Å². The van der Waals surface area contributed by atoms with E-state index in [4.69, 9.17) is 0 Å². The molecule has 1 fully saturated rings. The van der Waals surface area contributed by atoms with Gasteiger partial charge in [0.05, 0.1) is 12.1 Å². The maximum Gasteiger partial charge on any atom is 0.228 e. The molecule has 0 atom stereocenters. The van der Waals surface area contributed by atoms with Crippen LogP contribution in [0, 0.1) is 5.82 Å². The third kappa shape index (κ3) is 4.13. The van der Waals surface area contributed by atoms with Crippen molar-refractivity contribution in [2.45, 2.75) is 19.3 Å². The Morgan fingerprint density at radius 1 is 1.00 bits per heavy atom. The fraction of sp³-hybridized carbons (Fsp3) is 0.318. The molecule has 6 nitrogen and oxygen atoms in total. The largest absolute Gasteiger partial charge is 0.366 e. The van der Waals surface area contributed by atoms with Crippen LogP contribution in [0.2, 0.25) is 0 Å². The van der Waals surface area contributed by atoms with Gasteiger partial charge in [0.15, 0.2) is 5.78 Å². The number of nitrogens with one attached hydrogen (secondary N) is 1. The summed E-state index contributed by atoms with van der Waals surface area (Å²) in [5.74, 6) is -0.506. The fourth-order valence-corrected chi connectivity index (χ4v) is 3.83. The average Bonchev–Trinajstić information content (AvgIpc) is 3.11. The van der Waals surface area contributed by atoms with Crippen LogP contribution in [0.3, 0.4) is 0 Å². The molecule has 1 N–H and O–H groups in total. The predicted octanol–water partition coefficient (Wildman–Crippen LogP) is 2.63. The van der Waals surface area contributed by atoms with Gasteiger partial charge in [-0.25, -0.2) is 4.39 Å². The monoisotopic (exact) mass is 395 g/mol. The number of rotatable bonds is 5. The van der Waals surface area contributed by atoms with Crippen LogP contribution in [0.15, 0.2) is 42.5 Å². The fourth-order valence-electron chi connectivity index (χ4n) is 3.83. The number of anilines is 2. The predicted molar refractivity (Wildman–Crippen MR) is 108 cm³/mol. The molecule has 2 aromatic rings. The van der Waals surface area contributed by atoms with Crippen LogP contribution in [-0.2, 0) is 16.0 Å². The van der Waals surface area contributed by atoms with Crippen LogP contribution >= 0.6 is 0 Å². The third-order valence-corrected chi connectivity index (χ3v) is 5.44. The van der Waals surface area contributed by atoms with Crippen molar-refractivity contribution in [1.29, 1.82) is 0 Å². The number of halogens is 1. The summed E-state index contributed by atoms with van der Waals surface area (Å²) >= 11 is 0. The number of para-hydroxylation sites is 1. The van der Waals surface area contributed by atoms with Crippen molar-refractivity contribution < 1.29 is 18.8 Å². The lowest BCUT2D eigenvalue weighted by molar-refractivity contribution is -0.131. The van der Waals surface area contributed by atoms with Crippen LogP contribution in [0.4, 0.5) is 15.8 Å². The number of hydrogen-bond acceptors (Lipinski definition) is 4. The first kappa shape index (κ1) is 19.1. The maximum atomic E-state index is 13.9. The third-order valence-electron chi connectivity index (χ3n) is 5.44. The lowest BCUT2D eigenvalue weighted by Gasteiger charge is -2.36. The molecule has 0 bridgehead atoms. The van der Waals surface area contributed by atoms with E-state index >= 15 is 0 Å². The minimum Gasteiger partial charge on any atom is -0.366 e. The Kier molecular flexibility index (Phi) is 5.29. The van der Waals surface area contributed by atoms with Gasteiger partial charge in [-0.2, -0.15) is 0 Å². The summed E-state index contributed by atoms with van der Waals surface area (Å²) in [4.78, 5) is 40.1. The number of piperazine rings is 1. The first-order valence-electron chi connectivity index (χ1n) is 9.74. The van der Waals surface area contributed by atoms with E-state index in [1.54, 1.807) is 41.3 Å². The summed E-state index contributed by atoms with van der Waals surface area (Å²) in [7, 11) is 0. The molecular formula is C22H22FN3O3. The van der Waals surface area contributed by atoms with Crippen molar-refractivity contribution in [2.75, 3.05) is 36.4 Å². The molecule has 0 aromatic heterocycles. The molecule has 7 heteroatoms. The number of benzene rings is 2. The maximum absolute atomic E-state index is 13.9. The first-order valence-corrected chi connectivity index (χ1v) is 9.74. The number of carbonyl (C=O) groups excluding carboxylic acids is 3.